The van der Waals surface area contributed by atoms with Gasteiger partial charge < -0.3 is 19.7 Å². The average molecular weight is 404 g/mol. The Morgan fingerprint density at radius 1 is 1.14 bits per heavy atom. The fraction of sp³-hybridized carbons (Fsp3) is 0.238. The smallest absolute Gasteiger partial charge is 0.387 e. The van der Waals surface area contributed by atoms with Gasteiger partial charge in [0.2, 0.25) is 11.8 Å². The van der Waals surface area contributed by atoms with Gasteiger partial charge in [0.15, 0.2) is 11.5 Å². The van der Waals surface area contributed by atoms with Crippen LogP contribution in [-0.4, -0.2) is 44.0 Å². The van der Waals surface area contributed by atoms with E-state index in [9.17, 15) is 18.4 Å². The van der Waals surface area contributed by atoms with Crippen molar-refractivity contribution in [3.05, 3.63) is 59.7 Å². The number of rotatable bonds is 8. The molecule has 154 valence electrons. The van der Waals surface area contributed by atoms with Gasteiger partial charge in [-0.05, 0) is 42.8 Å². The minimum absolute atomic E-state index is 0.101. The van der Waals surface area contributed by atoms with E-state index in [2.05, 4.69) is 10.1 Å². The van der Waals surface area contributed by atoms with Gasteiger partial charge in [-0.1, -0.05) is 23.8 Å². The number of hydrogen-bond acceptors (Lipinski definition) is 4. The maximum absolute atomic E-state index is 12.4. The third-order valence-corrected chi connectivity index (χ3v) is 3.91. The first-order valence-electron chi connectivity index (χ1n) is 8.71. The molecule has 0 aliphatic rings. The van der Waals surface area contributed by atoms with Crippen LogP contribution in [0.25, 0.3) is 6.08 Å². The van der Waals surface area contributed by atoms with E-state index >= 15 is 0 Å². The number of nitrogens with zero attached hydrogens (tertiary/aromatic N) is 1. The molecule has 0 bridgehead atoms. The molecule has 29 heavy (non-hydrogen) atoms. The van der Waals surface area contributed by atoms with Crippen LogP contribution < -0.4 is 14.8 Å². The summed E-state index contributed by atoms with van der Waals surface area (Å²) in [6.45, 7) is -1.15. The SMILES string of the molecule is COc1cc(/C=C/C(=O)N(C)CC(=O)Nc2ccc(C)cc2)ccc1OC(F)F. The van der Waals surface area contributed by atoms with Gasteiger partial charge >= 0.3 is 6.61 Å². The van der Waals surface area contributed by atoms with Crippen molar-refractivity contribution in [2.24, 2.45) is 0 Å². The summed E-state index contributed by atoms with van der Waals surface area (Å²) in [5.74, 6) is -0.703. The lowest BCUT2D eigenvalue weighted by atomic mass is 10.2. The third kappa shape index (κ3) is 6.91. The van der Waals surface area contributed by atoms with Gasteiger partial charge in [0, 0.05) is 18.8 Å². The Bertz CT molecular complexity index is 883. The van der Waals surface area contributed by atoms with E-state index in [0.717, 1.165) is 5.56 Å². The van der Waals surface area contributed by atoms with Crippen LogP contribution in [0.5, 0.6) is 11.5 Å². The summed E-state index contributed by atoms with van der Waals surface area (Å²) < 4.78 is 34.1. The highest BCUT2D eigenvalue weighted by Gasteiger charge is 2.12. The van der Waals surface area contributed by atoms with Gasteiger partial charge in [-0.25, -0.2) is 0 Å². The number of hydrogen-bond donors (Lipinski definition) is 1. The van der Waals surface area contributed by atoms with Crippen molar-refractivity contribution in [3.63, 3.8) is 0 Å². The van der Waals surface area contributed by atoms with Crippen LogP contribution in [0.3, 0.4) is 0 Å². The number of benzene rings is 2. The second kappa shape index (κ2) is 10.2. The average Bonchev–Trinajstić information content (AvgIpc) is 2.68. The predicted octanol–water partition coefficient (Wildman–Crippen LogP) is 3.72. The third-order valence-electron chi connectivity index (χ3n) is 3.91. The molecule has 0 saturated heterocycles. The van der Waals surface area contributed by atoms with Gasteiger partial charge in [-0.15, -0.1) is 0 Å². The number of amides is 2. The minimum Gasteiger partial charge on any atom is -0.493 e. The summed E-state index contributed by atoms with van der Waals surface area (Å²) in [6.07, 6.45) is 2.77. The molecule has 0 fully saturated rings. The number of ether oxygens (including phenoxy) is 2. The van der Waals surface area contributed by atoms with Gasteiger partial charge in [-0.2, -0.15) is 8.78 Å². The van der Waals surface area contributed by atoms with E-state index in [1.54, 1.807) is 12.1 Å². The molecule has 0 unspecified atom stereocenters. The van der Waals surface area contributed by atoms with Crippen molar-refractivity contribution >= 4 is 23.6 Å². The monoisotopic (exact) mass is 404 g/mol. The fourth-order valence-electron chi connectivity index (χ4n) is 2.41. The molecule has 0 aromatic heterocycles. The topological polar surface area (TPSA) is 67.9 Å². The summed E-state index contributed by atoms with van der Waals surface area (Å²) >= 11 is 0. The fourth-order valence-corrected chi connectivity index (χ4v) is 2.41. The highest BCUT2D eigenvalue weighted by Crippen LogP contribution is 2.29. The quantitative estimate of drug-likeness (QED) is 0.681. The van der Waals surface area contributed by atoms with Gasteiger partial charge in [0.05, 0.1) is 13.7 Å². The summed E-state index contributed by atoms with van der Waals surface area (Å²) in [5, 5.41) is 2.72. The number of alkyl halides is 2. The lowest BCUT2D eigenvalue weighted by Gasteiger charge is -2.15. The highest BCUT2D eigenvalue weighted by atomic mass is 19.3. The van der Waals surface area contributed by atoms with E-state index in [4.69, 9.17) is 4.74 Å². The lowest BCUT2D eigenvalue weighted by molar-refractivity contribution is -0.129. The highest BCUT2D eigenvalue weighted by molar-refractivity contribution is 5.97. The maximum Gasteiger partial charge on any atom is 0.387 e. The Hall–Kier alpha value is -3.42. The van der Waals surface area contributed by atoms with Crippen molar-refractivity contribution in [1.82, 2.24) is 4.90 Å². The summed E-state index contributed by atoms with van der Waals surface area (Å²) in [6, 6.07) is 11.6. The molecule has 2 aromatic carbocycles. The van der Waals surface area contributed by atoms with E-state index in [-0.39, 0.29) is 24.0 Å². The Labute approximate surface area is 167 Å². The van der Waals surface area contributed by atoms with Crippen molar-refractivity contribution in [1.29, 1.82) is 0 Å². The summed E-state index contributed by atoms with van der Waals surface area (Å²) in [4.78, 5) is 25.6. The maximum atomic E-state index is 12.4. The number of nitrogens with one attached hydrogen (secondary N) is 1. The number of carbonyl (C=O) groups excluding carboxylic acids is 2. The number of likely N-dealkylation sites (N-methyl/N-ethyl adjacent to an activating group) is 1. The molecule has 0 radical (unpaired) electrons. The van der Waals surface area contributed by atoms with Crippen LogP contribution >= 0.6 is 0 Å². The molecule has 0 heterocycles. The zero-order valence-corrected chi connectivity index (χ0v) is 16.3. The summed E-state index contributed by atoms with van der Waals surface area (Å²) in [5.41, 5.74) is 2.27. The van der Waals surface area contributed by atoms with E-state index in [1.165, 1.54) is 49.4 Å². The van der Waals surface area contributed by atoms with Crippen LogP contribution in [0, 0.1) is 6.92 Å². The van der Waals surface area contributed by atoms with Crippen LogP contribution in [-0.2, 0) is 9.59 Å². The molecule has 2 rings (SSSR count). The van der Waals surface area contributed by atoms with Crippen LogP contribution in [0.15, 0.2) is 48.5 Å². The molecule has 2 aromatic rings. The predicted molar refractivity (Wildman–Crippen MR) is 106 cm³/mol. The first kappa shape index (κ1) is 21.9. The second-order valence-electron chi connectivity index (χ2n) is 6.23. The van der Waals surface area contributed by atoms with Crippen molar-refractivity contribution in [3.8, 4) is 11.5 Å². The second-order valence-corrected chi connectivity index (χ2v) is 6.23. The lowest BCUT2D eigenvalue weighted by Crippen LogP contribution is -2.33. The standard InChI is InChI=1S/C21H22F2N2O4/c1-14-4-8-16(9-5-14)24-19(26)13-25(2)20(27)11-7-15-6-10-17(29-21(22)23)18(12-15)28-3/h4-12,21H,13H2,1-3H3,(H,24,26)/b11-7+. The number of halogens is 2. The van der Waals surface area contributed by atoms with E-state index in [1.807, 2.05) is 19.1 Å². The largest absolute Gasteiger partial charge is 0.493 e. The molecular formula is C21H22F2N2O4. The van der Waals surface area contributed by atoms with Crippen molar-refractivity contribution in [2.45, 2.75) is 13.5 Å². The Morgan fingerprint density at radius 3 is 2.45 bits per heavy atom. The molecule has 0 aliphatic carbocycles. The molecule has 8 heteroatoms. The Balaban J connectivity index is 1.95. The number of carbonyl (C=O) groups is 2. The van der Waals surface area contributed by atoms with Gasteiger partial charge in [0.25, 0.3) is 0 Å². The molecule has 0 aliphatic heterocycles. The number of anilines is 1. The van der Waals surface area contributed by atoms with Gasteiger partial charge in [0.1, 0.15) is 0 Å². The Morgan fingerprint density at radius 2 is 1.83 bits per heavy atom. The van der Waals surface area contributed by atoms with Crippen LogP contribution in [0.2, 0.25) is 0 Å². The number of aryl methyl sites for hydroxylation is 1. The van der Waals surface area contributed by atoms with Crippen molar-refractivity contribution in [2.75, 3.05) is 26.0 Å². The molecule has 0 saturated carbocycles. The molecule has 0 spiro atoms. The molecule has 2 amide bonds. The normalized spacial score (nSPS) is 10.8. The first-order chi connectivity index (χ1) is 13.8. The first-order valence-corrected chi connectivity index (χ1v) is 8.71. The minimum atomic E-state index is -2.97. The van der Waals surface area contributed by atoms with Gasteiger partial charge in [-0.3, -0.25) is 9.59 Å². The summed E-state index contributed by atoms with van der Waals surface area (Å²) in [7, 11) is 2.83. The van der Waals surface area contributed by atoms with Crippen molar-refractivity contribution < 1.29 is 27.8 Å². The molecule has 6 nitrogen and oxygen atoms in total. The Kier molecular flexibility index (Phi) is 7.70. The molecular weight excluding hydrogens is 382 g/mol. The van der Waals surface area contributed by atoms with Crippen LogP contribution in [0.1, 0.15) is 11.1 Å². The zero-order valence-electron chi connectivity index (χ0n) is 16.3. The molecule has 1 N–H and O–H groups in total. The molecule has 0 atom stereocenters. The van der Waals surface area contributed by atoms with E-state index < -0.39 is 12.5 Å². The van der Waals surface area contributed by atoms with Crippen LogP contribution in [0.4, 0.5) is 14.5 Å². The van der Waals surface area contributed by atoms with E-state index in [0.29, 0.717) is 11.3 Å². The zero-order chi connectivity index (χ0) is 21.4. The number of methoxy groups -OCH3 is 1.